The van der Waals surface area contributed by atoms with Crippen molar-refractivity contribution in [1.82, 2.24) is 15.0 Å². The van der Waals surface area contributed by atoms with E-state index >= 15 is 0 Å². The molecule has 0 bridgehead atoms. The van der Waals surface area contributed by atoms with Gasteiger partial charge in [0, 0.05) is 5.69 Å². The first-order chi connectivity index (χ1) is 15.4. The number of nitrogens with zero attached hydrogens (tertiary/aromatic N) is 3. The minimum atomic E-state index is -3.55. The third kappa shape index (κ3) is 5.63. The maximum Gasteiger partial charge on any atom is 0.236 e. The van der Waals surface area contributed by atoms with E-state index in [1.165, 1.54) is 22.9 Å². The van der Waals surface area contributed by atoms with Gasteiger partial charge in [-0.05, 0) is 42.0 Å². The molecule has 0 aliphatic carbocycles. The highest BCUT2D eigenvalue weighted by molar-refractivity contribution is 7.91. The summed E-state index contributed by atoms with van der Waals surface area (Å²) in [5.74, 6) is -0.541. The molecule has 3 aromatic carbocycles. The number of aromatic nitrogens is 3. The van der Waals surface area contributed by atoms with Gasteiger partial charge in [-0.2, -0.15) is 0 Å². The van der Waals surface area contributed by atoms with Gasteiger partial charge in [-0.3, -0.25) is 4.72 Å². The number of nitrogens with one attached hydrogen (secondary N) is 2. The Morgan fingerprint density at radius 1 is 0.969 bits per heavy atom. The maximum atomic E-state index is 13.2. The van der Waals surface area contributed by atoms with E-state index in [4.69, 9.17) is 11.6 Å². The number of sulfonamides is 1. The van der Waals surface area contributed by atoms with Gasteiger partial charge in [0.25, 0.3) is 0 Å². The molecule has 164 valence electrons. The molecule has 0 saturated carbocycles. The average Bonchev–Trinajstić information content (AvgIpc) is 3.21. The third-order valence-corrected chi connectivity index (χ3v) is 6.07. The van der Waals surface area contributed by atoms with Crippen LogP contribution in [0.4, 0.5) is 15.8 Å². The summed E-state index contributed by atoms with van der Waals surface area (Å²) >= 11 is 6.07. The molecule has 0 fully saturated rings. The van der Waals surface area contributed by atoms with E-state index < -0.39 is 15.8 Å². The van der Waals surface area contributed by atoms with Crippen molar-refractivity contribution in [2.24, 2.45) is 0 Å². The second kappa shape index (κ2) is 9.37. The number of rotatable bonds is 8. The van der Waals surface area contributed by atoms with Crippen LogP contribution < -0.4 is 10.0 Å². The molecular weight excluding hydrogens is 453 g/mol. The lowest BCUT2D eigenvalue weighted by molar-refractivity contribution is 0.600. The van der Waals surface area contributed by atoms with E-state index in [0.29, 0.717) is 34.9 Å². The second-order valence-corrected chi connectivity index (χ2v) is 9.16. The van der Waals surface area contributed by atoms with Gasteiger partial charge in [-0.25, -0.2) is 17.5 Å². The van der Waals surface area contributed by atoms with Crippen LogP contribution in [0.3, 0.4) is 0 Å². The number of benzene rings is 3. The Balaban J connectivity index is 1.40. The zero-order valence-electron chi connectivity index (χ0n) is 16.7. The fraction of sp³-hybridized carbons (Fsp3) is 0.0909. The molecule has 1 heterocycles. The highest BCUT2D eigenvalue weighted by Crippen LogP contribution is 2.21. The average molecular weight is 472 g/mol. The third-order valence-electron chi connectivity index (χ3n) is 4.51. The Morgan fingerprint density at radius 2 is 1.75 bits per heavy atom. The van der Waals surface area contributed by atoms with Crippen LogP contribution in [0.1, 0.15) is 11.3 Å². The van der Waals surface area contributed by atoms with Crippen LogP contribution >= 0.6 is 11.6 Å². The zero-order valence-corrected chi connectivity index (χ0v) is 18.3. The van der Waals surface area contributed by atoms with Crippen LogP contribution in [0.25, 0.3) is 5.69 Å². The highest BCUT2D eigenvalue weighted by Gasteiger charge is 2.12. The quantitative estimate of drug-likeness (QED) is 0.391. The Morgan fingerprint density at radius 3 is 2.53 bits per heavy atom. The normalized spacial score (nSPS) is 11.3. The van der Waals surface area contributed by atoms with Gasteiger partial charge in [0.2, 0.25) is 10.0 Å². The molecule has 0 amide bonds. The van der Waals surface area contributed by atoms with Crippen LogP contribution in [0.5, 0.6) is 0 Å². The standard InChI is InChI=1S/C22H19ClFN5O2S/c23-21-11-17(24)9-10-22(21)29-14-20(26-28-29)13-25-18-7-4-8-19(12-18)27-32(30,31)15-16-5-2-1-3-6-16/h1-12,14,25,27H,13,15H2. The van der Waals surface area contributed by atoms with Gasteiger partial charge in [-0.15, -0.1) is 5.10 Å². The second-order valence-electron chi connectivity index (χ2n) is 7.03. The molecule has 0 radical (unpaired) electrons. The van der Waals surface area contributed by atoms with Crippen molar-refractivity contribution >= 4 is 33.0 Å². The maximum absolute atomic E-state index is 13.2. The Hall–Kier alpha value is -3.43. The predicted octanol–water partition coefficient (Wildman–Crippen LogP) is 4.61. The Labute approximate surface area is 189 Å². The van der Waals surface area contributed by atoms with Crippen molar-refractivity contribution in [3.8, 4) is 5.69 Å². The molecule has 32 heavy (non-hydrogen) atoms. The SMILES string of the molecule is O=S(=O)(Cc1ccccc1)Nc1cccc(NCc2cn(-c3ccc(F)cc3Cl)nn2)c1. The minimum Gasteiger partial charge on any atom is -0.379 e. The number of hydrogen-bond acceptors (Lipinski definition) is 5. The van der Waals surface area contributed by atoms with Crippen LogP contribution in [-0.4, -0.2) is 23.4 Å². The van der Waals surface area contributed by atoms with Crippen molar-refractivity contribution in [2.45, 2.75) is 12.3 Å². The first kappa shape index (κ1) is 21.8. The summed E-state index contributed by atoms with van der Waals surface area (Å²) in [6.45, 7) is 0.346. The fourth-order valence-corrected chi connectivity index (χ4v) is 4.50. The topological polar surface area (TPSA) is 88.9 Å². The highest BCUT2D eigenvalue weighted by atomic mass is 35.5. The summed E-state index contributed by atoms with van der Waals surface area (Å²) in [5.41, 5.74) is 3.01. The van der Waals surface area contributed by atoms with Crippen molar-refractivity contribution in [3.63, 3.8) is 0 Å². The molecule has 0 spiro atoms. The van der Waals surface area contributed by atoms with Gasteiger partial charge in [0.15, 0.2) is 0 Å². The van der Waals surface area contributed by atoms with Gasteiger partial charge in [0.1, 0.15) is 11.5 Å². The summed E-state index contributed by atoms with van der Waals surface area (Å²) in [5, 5.41) is 11.5. The minimum absolute atomic E-state index is 0.111. The van der Waals surface area contributed by atoms with Gasteiger partial charge in [-0.1, -0.05) is 53.2 Å². The molecule has 2 N–H and O–H groups in total. The van der Waals surface area contributed by atoms with Crippen molar-refractivity contribution in [1.29, 1.82) is 0 Å². The number of halogens is 2. The first-order valence-corrected chi connectivity index (χ1v) is 11.7. The monoisotopic (exact) mass is 471 g/mol. The molecule has 7 nitrogen and oxygen atoms in total. The first-order valence-electron chi connectivity index (χ1n) is 9.63. The van der Waals surface area contributed by atoms with Crippen LogP contribution in [0, 0.1) is 5.82 Å². The van der Waals surface area contributed by atoms with E-state index in [1.54, 1.807) is 48.7 Å². The Kier molecular flexibility index (Phi) is 6.38. The van der Waals surface area contributed by atoms with E-state index in [2.05, 4.69) is 20.4 Å². The molecule has 0 aliphatic rings. The summed E-state index contributed by atoms with van der Waals surface area (Å²) in [6, 6.07) is 19.9. The van der Waals surface area contributed by atoms with E-state index in [0.717, 1.165) is 0 Å². The molecule has 0 aliphatic heterocycles. The van der Waals surface area contributed by atoms with Crippen molar-refractivity contribution in [3.05, 3.63) is 101 Å². The van der Waals surface area contributed by atoms with Crippen molar-refractivity contribution in [2.75, 3.05) is 10.0 Å². The van der Waals surface area contributed by atoms with Gasteiger partial charge >= 0.3 is 0 Å². The number of anilines is 2. The largest absolute Gasteiger partial charge is 0.379 e. The molecule has 4 rings (SSSR count). The van der Waals surface area contributed by atoms with Crippen LogP contribution in [-0.2, 0) is 22.3 Å². The summed E-state index contributed by atoms with van der Waals surface area (Å²) in [4.78, 5) is 0. The molecule has 0 saturated heterocycles. The zero-order chi connectivity index (χ0) is 22.6. The molecule has 4 aromatic rings. The molecule has 10 heteroatoms. The van der Waals surface area contributed by atoms with Gasteiger partial charge in [0.05, 0.1) is 34.9 Å². The fourth-order valence-electron chi connectivity index (χ4n) is 3.06. The van der Waals surface area contributed by atoms with E-state index in [1.807, 2.05) is 12.1 Å². The van der Waals surface area contributed by atoms with Gasteiger partial charge < -0.3 is 5.32 Å². The predicted molar refractivity (Wildman–Crippen MR) is 123 cm³/mol. The smallest absolute Gasteiger partial charge is 0.236 e. The molecular formula is C22H19ClFN5O2S. The molecule has 1 aromatic heterocycles. The van der Waals surface area contributed by atoms with Crippen LogP contribution in [0.15, 0.2) is 79.0 Å². The Bertz CT molecular complexity index is 1330. The lowest BCUT2D eigenvalue weighted by atomic mass is 10.2. The summed E-state index contributed by atoms with van der Waals surface area (Å²) in [7, 11) is -3.55. The lowest BCUT2D eigenvalue weighted by Gasteiger charge is -2.10. The van der Waals surface area contributed by atoms with E-state index in [9.17, 15) is 12.8 Å². The van der Waals surface area contributed by atoms with Crippen LogP contribution in [0.2, 0.25) is 5.02 Å². The van der Waals surface area contributed by atoms with Crippen molar-refractivity contribution < 1.29 is 12.8 Å². The summed E-state index contributed by atoms with van der Waals surface area (Å²) < 4.78 is 42.2. The molecule has 0 atom stereocenters. The van der Waals surface area contributed by atoms with E-state index in [-0.39, 0.29) is 10.8 Å². The molecule has 0 unspecified atom stereocenters. The lowest BCUT2D eigenvalue weighted by Crippen LogP contribution is -2.15. The number of hydrogen-bond donors (Lipinski definition) is 2. The summed E-state index contributed by atoms with van der Waals surface area (Å²) in [6.07, 6.45) is 1.68.